The van der Waals surface area contributed by atoms with E-state index in [0.29, 0.717) is 13.0 Å². The standard InChI is InChI=1S/C12H16FN3/c1-2-16(7-6-11(15)9-14)12-5-3-4-10(13)8-12/h3-5,8,11H,2,6-7,15H2,1H3. The minimum Gasteiger partial charge on any atom is -0.372 e. The number of nitrogens with zero attached hydrogens (tertiary/aromatic N) is 2. The first-order valence-corrected chi connectivity index (χ1v) is 5.33. The van der Waals surface area contributed by atoms with Gasteiger partial charge in [0, 0.05) is 18.8 Å². The van der Waals surface area contributed by atoms with Gasteiger partial charge in [-0.3, -0.25) is 0 Å². The molecule has 1 aromatic carbocycles. The molecule has 86 valence electrons. The Morgan fingerprint density at radius 1 is 1.56 bits per heavy atom. The van der Waals surface area contributed by atoms with Crippen LogP contribution in [0.1, 0.15) is 13.3 Å². The van der Waals surface area contributed by atoms with E-state index in [1.165, 1.54) is 12.1 Å². The van der Waals surface area contributed by atoms with Crippen molar-refractivity contribution in [3.05, 3.63) is 30.1 Å². The average Bonchev–Trinajstić information content (AvgIpc) is 2.29. The Morgan fingerprint density at radius 3 is 2.88 bits per heavy atom. The molecule has 16 heavy (non-hydrogen) atoms. The fraction of sp³-hybridized carbons (Fsp3) is 0.417. The summed E-state index contributed by atoms with van der Waals surface area (Å²) in [5.74, 6) is -0.250. The van der Waals surface area contributed by atoms with Crippen molar-refractivity contribution >= 4 is 5.69 Å². The van der Waals surface area contributed by atoms with Gasteiger partial charge in [-0.1, -0.05) is 6.07 Å². The molecule has 3 nitrogen and oxygen atoms in total. The third kappa shape index (κ3) is 3.52. The molecule has 0 amide bonds. The number of hydrogen-bond acceptors (Lipinski definition) is 3. The van der Waals surface area contributed by atoms with Crippen LogP contribution in [0.3, 0.4) is 0 Å². The van der Waals surface area contributed by atoms with E-state index < -0.39 is 6.04 Å². The Kier molecular flexibility index (Phi) is 4.74. The second-order valence-corrected chi connectivity index (χ2v) is 3.58. The monoisotopic (exact) mass is 221 g/mol. The van der Waals surface area contributed by atoms with Gasteiger partial charge in [-0.25, -0.2) is 4.39 Å². The van der Waals surface area contributed by atoms with E-state index in [2.05, 4.69) is 0 Å². The summed E-state index contributed by atoms with van der Waals surface area (Å²) < 4.78 is 13.0. The van der Waals surface area contributed by atoms with Crippen molar-refractivity contribution in [3.8, 4) is 6.07 Å². The molecule has 0 bridgehead atoms. The fourth-order valence-corrected chi connectivity index (χ4v) is 1.50. The van der Waals surface area contributed by atoms with E-state index in [1.54, 1.807) is 6.07 Å². The van der Waals surface area contributed by atoms with Crippen molar-refractivity contribution in [3.63, 3.8) is 0 Å². The normalized spacial score (nSPS) is 11.9. The topological polar surface area (TPSA) is 53.0 Å². The van der Waals surface area contributed by atoms with Gasteiger partial charge in [0.15, 0.2) is 0 Å². The van der Waals surface area contributed by atoms with Crippen LogP contribution in [0.2, 0.25) is 0 Å². The molecule has 0 spiro atoms. The number of halogens is 1. The summed E-state index contributed by atoms with van der Waals surface area (Å²) in [4.78, 5) is 2.00. The first-order valence-electron chi connectivity index (χ1n) is 5.33. The summed E-state index contributed by atoms with van der Waals surface area (Å²) in [7, 11) is 0. The predicted molar refractivity (Wildman–Crippen MR) is 62.5 cm³/mol. The van der Waals surface area contributed by atoms with E-state index in [4.69, 9.17) is 11.0 Å². The third-order valence-corrected chi connectivity index (χ3v) is 2.43. The zero-order valence-corrected chi connectivity index (χ0v) is 9.36. The lowest BCUT2D eigenvalue weighted by Crippen LogP contribution is -2.29. The molecule has 0 radical (unpaired) electrons. The van der Waals surface area contributed by atoms with Crippen molar-refractivity contribution in [1.82, 2.24) is 0 Å². The zero-order chi connectivity index (χ0) is 12.0. The molecule has 1 aromatic rings. The maximum Gasteiger partial charge on any atom is 0.125 e. The molecule has 1 unspecified atom stereocenters. The first-order chi connectivity index (χ1) is 7.67. The molecule has 1 rings (SSSR count). The molecule has 1 atom stereocenters. The van der Waals surface area contributed by atoms with Crippen LogP contribution in [0.15, 0.2) is 24.3 Å². The van der Waals surface area contributed by atoms with Gasteiger partial charge < -0.3 is 10.6 Å². The van der Waals surface area contributed by atoms with Gasteiger partial charge in [-0.15, -0.1) is 0 Å². The average molecular weight is 221 g/mol. The third-order valence-electron chi connectivity index (χ3n) is 2.43. The van der Waals surface area contributed by atoms with Gasteiger partial charge in [-0.2, -0.15) is 5.26 Å². The number of benzene rings is 1. The highest BCUT2D eigenvalue weighted by Gasteiger charge is 2.07. The smallest absolute Gasteiger partial charge is 0.125 e. The van der Waals surface area contributed by atoms with Gasteiger partial charge in [0.1, 0.15) is 5.82 Å². The maximum atomic E-state index is 13.0. The summed E-state index contributed by atoms with van der Waals surface area (Å²) in [5.41, 5.74) is 6.35. The van der Waals surface area contributed by atoms with Gasteiger partial charge in [0.2, 0.25) is 0 Å². The quantitative estimate of drug-likeness (QED) is 0.826. The van der Waals surface area contributed by atoms with Crippen molar-refractivity contribution in [1.29, 1.82) is 5.26 Å². The second-order valence-electron chi connectivity index (χ2n) is 3.58. The van der Waals surface area contributed by atoms with Crippen molar-refractivity contribution in [2.45, 2.75) is 19.4 Å². The molecule has 0 aromatic heterocycles. The van der Waals surface area contributed by atoms with Gasteiger partial charge in [0.25, 0.3) is 0 Å². The second kappa shape index (κ2) is 6.09. The predicted octanol–water partition coefficient (Wildman–Crippen LogP) is 1.89. The van der Waals surface area contributed by atoms with Crippen LogP contribution < -0.4 is 10.6 Å². The molecule has 0 fully saturated rings. The lowest BCUT2D eigenvalue weighted by molar-refractivity contribution is 0.625. The lowest BCUT2D eigenvalue weighted by atomic mass is 10.2. The summed E-state index contributed by atoms with van der Waals surface area (Å²) in [6, 6.07) is 7.96. The van der Waals surface area contributed by atoms with Crippen LogP contribution >= 0.6 is 0 Å². The molecule has 0 aliphatic carbocycles. The summed E-state index contributed by atoms with van der Waals surface area (Å²) >= 11 is 0. The lowest BCUT2D eigenvalue weighted by Gasteiger charge is -2.23. The van der Waals surface area contributed by atoms with E-state index >= 15 is 0 Å². The largest absolute Gasteiger partial charge is 0.372 e. The molecule has 0 aliphatic heterocycles. The van der Waals surface area contributed by atoms with Crippen LogP contribution in [0.25, 0.3) is 0 Å². The number of hydrogen-bond donors (Lipinski definition) is 1. The Bertz CT molecular complexity index is 373. The molecule has 0 saturated carbocycles. The molecule has 4 heteroatoms. The highest BCUT2D eigenvalue weighted by Crippen LogP contribution is 2.15. The fourth-order valence-electron chi connectivity index (χ4n) is 1.50. The van der Waals surface area contributed by atoms with E-state index in [-0.39, 0.29) is 5.82 Å². The van der Waals surface area contributed by atoms with E-state index in [0.717, 1.165) is 12.2 Å². The Balaban J connectivity index is 2.64. The van der Waals surface area contributed by atoms with Crippen LogP contribution in [-0.2, 0) is 0 Å². The van der Waals surface area contributed by atoms with Crippen LogP contribution in [-0.4, -0.2) is 19.1 Å². The Hall–Kier alpha value is -1.60. The maximum absolute atomic E-state index is 13.0. The summed E-state index contributed by atoms with van der Waals surface area (Å²) in [5, 5.41) is 8.58. The van der Waals surface area contributed by atoms with Crippen LogP contribution in [0.4, 0.5) is 10.1 Å². The van der Waals surface area contributed by atoms with Gasteiger partial charge >= 0.3 is 0 Å². The number of rotatable bonds is 5. The molecular formula is C12H16FN3. The summed E-state index contributed by atoms with van der Waals surface area (Å²) in [6.45, 7) is 3.42. The Labute approximate surface area is 95.3 Å². The highest BCUT2D eigenvalue weighted by molar-refractivity contribution is 5.46. The molecular weight excluding hydrogens is 205 g/mol. The molecule has 2 N–H and O–H groups in total. The minimum atomic E-state index is -0.456. The number of anilines is 1. The minimum absolute atomic E-state index is 0.250. The SMILES string of the molecule is CCN(CCC(N)C#N)c1cccc(F)c1. The van der Waals surface area contributed by atoms with E-state index in [1.807, 2.05) is 24.0 Å². The summed E-state index contributed by atoms with van der Waals surface area (Å²) in [6.07, 6.45) is 0.584. The van der Waals surface area contributed by atoms with Crippen molar-refractivity contribution < 1.29 is 4.39 Å². The van der Waals surface area contributed by atoms with Gasteiger partial charge in [0.05, 0.1) is 12.1 Å². The zero-order valence-electron chi connectivity index (χ0n) is 9.36. The molecule has 0 saturated heterocycles. The molecule has 0 aliphatic rings. The highest BCUT2D eigenvalue weighted by atomic mass is 19.1. The number of nitriles is 1. The van der Waals surface area contributed by atoms with Gasteiger partial charge in [-0.05, 0) is 31.5 Å². The van der Waals surface area contributed by atoms with Crippen LogP contribution in [0.5, 0.6) is 0 Å². The van der Waals surface area contributed by atoms with Crippen LogP contribution in [0, 0.1) is 17.1 Å². The molecule has 0 heterocycles. The van der Waals surface area contributed by atoms with Crippen molar-refractivity contribution in [2.75, 3.05) is 18.0 Å². The van der Waals surface area contributed by atoms with E-state index in [9.17, 15) is 4.39 Å². The van der Waals surface area contributed by atoms with Crippen molar-refractivity contribution in [2.24, 2.45) is 5.73 Å². The first kappa shape index (κ1) is 12.5. The Morgan fingerprint density at radius 2 is 2.31 bits per heavy atom. The number of nitrogens with two attached hydrogens (primary N) is 1.